The van der Waals surface area contributed by atoms with Gasteiger partial charge in [-0.2, -0.15) is 0 Å². The Morgan fingerprint density at radius 2 is 2.30 bits per heavy atom. The van der Waals surface area contributed by atoms with Crippen molar-refractivity contribution in [3.05, 3.63) is 0 Å². The maximum absolute atomic E-state index is 10.9. The second kappa shape index (κ2) is 6.97. The highest BCUT2D eigenvalue weighted by atomic mass is 31.1. The Labute approximate surface area is 61.5 Å². The van der Waals surface area contributed by atoms with E-state index in [0.717, 1.165) is 6.29 Å². The molecule has 0 saturated heterocycles. The quantitative estimate of drug-likeness (QED) is 0.436. The van der Waals surface area contributed by atoms with Crippen molar-refractivity contribution in [3.8, 4) is 0 Å². The molecule has 0 aromatic heterocycles. The van der Waals surface area contributed by atoms with Crippen LogP contribution in [0.5, 0.6) is 0 Å². The Balaban J connectivity index is 3.16. The SMILES string of the molecule is CCOC[PH](=O)CCC=O. The summed E-state index contributed by atoms with van der Waals surface area (Å²) in [6.45, 7) is 2.45. The summed E-state index contributed by atoms with van der Waals surface area (Å²) in [4.78, 5) is 9.82. The number of hydrogen-bond acceptors (Lipinski definition) is 3. The van der Waals surface area contributed by atoms with Crippen LogP contribution in [-0.4, -0.2) is 25.4 Å². The topological polar surface area (TPSA) is 43.4 Å². The molecule has 0 aromatic carbocycles. The van der Waals surface area contributed by atoms with Crippen LogP contribution < -0.4 is 0 Å². The first-order valence-corrected chi connectivity index (χ1v) is 5.16. The highest BCUT2D eigenvalue weighted by molar-refractivity contribution is 7.44. The van der Waals surface area contributed by atoms with Crippen LogP contribution >= 0.6 is 7.80 Å². The zero-order valence-electron chi connectivity index (χ0n) is 6.13. The maximum atomic E-state index is 10.9. The van der Waals surface area contributed by atoms with E-state index >= 15 is 0 Å². The van der Waals surface area contributed by atoms with Gasteiger partial charge in [0.05, 0.1) is 6.35 Å². The van der Waals surface area contributed by atoms with Gasteiger partial charge in [-0.15, -0.1) is 0 Å². The minimum Gasteiger partial charge on any atom is -0.374 e. The number of aldehydes is 1. The van der Waals surface area contributed by atoms with Crippen molar-refractivity contribution in [2.75, 3.05) is 19.1 Å². The molecule has 0 aromatic rings. The van der Waals surface area contributed by atoms with Crippen LogP contribution in [0.1, 0.15) is 13.3 Å². The molecule has 0 aliphatic heterocycles. The first kappa shape index (κ1) is 9.86. The Hall–Kier alpha value is -0.140. The zero-order chi connectivity index (χ0) is 7.82. The highest BCUT2D eigenvalue weighted by Crippen LogP contribution is 2.20. The Morgan fingerprint density at radius 1 is 1.60 bits per heavy atom. The lowest BCUT2D eigenvalue weighted by molar-refractivity contribution is -0.107. The first-order valence-electron chi connectivity index (χ1n) is 3.34. The molecule has 0 fully saturated rings. The van der Waals surface area contributed by atoms with E-state index in [1.54, 1.807) is 0 Å². The molecule has 4 heteroatoms. The van der Waals surface area contributed by atoms with Crippen LogP contribution in [0.3, 0.4) is 0 Å². The summed E-state index contributed by atoms with van der Waals surface area (Å²) in [5.74, 6) is 0. The fourth-order valence-electron chi connectivity index (χ4n) is 0.508. The molecule has 1 atom stereocenters. The molecule has 0 amide bonds. The molecule has 0 rings (SSSR count). The van der Waals surface area contributed by atoms with Gasteiger partial charge in [-0.1, -0.05) is 0 Å². The molecular formula is C6H13O3P. The van der Waals surface area contributed by atoms with Crippen molar-refractivity contribution in [2.45, 2.75) is 13.3 Å². The summed E-state index contributed by atoms with van der Waals surface area (Å²) in [7, 11) is -1.62. The van der Waals surface area contributed by atoms with Crippen molar-refractivity contribution in [2.24, 2.45) is 0 Å². The molecule has 10 heavy (non-hydrogen) atoms. The number of hydrogen-bond donors (Lipinski definition) is 0. The molecule has 0 N–H and O–H groups in total. The average molecular weight is 164 g/mol. The summed E-state index contributed by atoms with van der Waals surface area (Å²) in [6, 6.07) is 0. The van der Waals surface area contributed by atoms with Gasteiger partial charge >= 0.3 is 0 Å². The molecule has 1 unspecified atom stereocenters. The van der Waals surface area contributed by atoms with Gasteiger partial charge in [0.25, 0.3) is 0 Å². The van der Waals surface area contributed by atoms with Crippen molar-refractivity contribution in [3.63, 3.8) is 0 Å². The van der Waals surface area contributed by atoms with Crippen LogP contribution in [-0.2, 0) is 14.1 Å². The molecule has 0 radical (unpaired) electrons. The first-order chi connectivity index (χ1) is 4.81. The van der Waals surface area contributed by atoms with E-state index in [9.17, 15) is 9.36 Å². The van der Waals surface area contributed by atoms with Crippen molar-refractivity contribution >= 4 is 14.1 Å². The fraction of sp³-hybridized carbons (Fsp3) is 0.833. The van der Waals surface area contributed by atoms with E-state index in [4.69, 9.17) is 4.74 Å². The van der Waals surface area contributed by atoms with Crippen LogP contribution in [0.25, 0.3) is 0 Å². The van der Waals surface area contributed by atoms with Gasteiger partial charge in [0.15, 0.2) is 0 Å². The summed E-state index contributed by atoms with van der Waals surface area (Å²) < 4.78 is 15.8. The van der Waals surface area contributed by atoms with E-state index in [1.807, 2.05) is 6.92 Å². The Bertz CT molecular complexity index is 114. The average Bonchev–Trinajstić information content (AvgIpc) is 1.97. The standard InChI is InChI=1S/C6H13O3P/c1-2-9-6-10(8)5-3-4-7/h4,10H,2-3,5-6H2,1H3. The number of carbonyl (C=O) groups excluding carboxylic acids is 1. The lowest BCUT2D eigenvalue weighted by Gasteiger charge is -1.97. The molecule has 0 saturated carbocycles. The van der Waals surface area contributed by atoms with E-state index in [1.165, 1.54) is 0 Å². The van der Waals surface area contributed by atoms with Crippen LogP contribution in [0.2, 0.25) is 0 Å². The van der Waals surface area contributed by atoms with Gasteiger partial charge in [0, 0.05) is 19.2 Å². The van der Waals surface area contributed by atoms with Gasteiger partial charge in [-0.3, -0.25) is 0 Å². The van der Waals surface area contributed by atoms with Crippen molar-refractivity contribution < 1.29 is 14.1 Å². The van der Waals surface area contributed by atoms with Gasteiger partial charge < -0.3 is 14.1 Å². The molecular weight excluding hydrogens is 151 g/mol. The van der Waals surface area contributed by atoms with Gasteiger partial charge in [0.2, 0.25) is 0 Å². The second-order valence-electron chi connectivity index (χ2n) is 1.88. The number of rotatable bonds is 6. The van der Waals surface area contributed by atoms with E-state index in [-0.39, 0.29) is 0 Å². The Morgan fingerprint density at radius 3 is 2.80 bits per heavy atom. The molecule has 0 bridgehead atoms. The predicted molar refractivity (Wildman–Crippen MR) is 41.0 cm³/mol. The lowest BCUT2D eigenvalue weighted by atomic mass is 10.6. The molecule has 0 spiro atoms. The fourth-order valence-corrected chi connectivity index (χ4v) is 1.52. The molecule has 0 aliphatic rings. The monoisotopic (exact) mass is 164 g/mol. The normalized spacial score (nSPS) is 12.9. The van der Waals surface area contributed by atoms with E-state index in [0.29, 0.717) is 25.5 Å². The molecule has 0 heterocycles. The number of carbonyl (C=O) groups is 1. The van der Waals surface area contributed by atoms with Crippen molar-refractivity contribution in [1.82, 2.24) is 0 Å². The lowest BCUT2D eigenvalue weighted by Crippen LogP contribution is -1.90. The van der Waals surface area contributed by atoms with Gasteiger partial charge in [-0.25, -0.2) is 0 Å². The smallest absolute Gasteiger partial charge is 0.120 e. The third kappa shape index (κ3) is 5.99. The van der Waals surface area contributed by atoms with Crippen molar-refractivity contribution in [1.29, 1.82) is 0 Å². The minimum atomic E-state index is -1.62. The number of ether oxygens (including phenoxy) is 1. The summed E-state index contributed by atoms with van der Waals surface area (Å²) >= 11 is 0. The molecule has 3 nitrogen and oxygen atoms in total. The van der Waals surface area contributed by atoms with E-state index < -0.39 is 7.80 Å². The predicted octanol–water partition coefficient (Wildman–Crippen LogP) is 1.13. The van der Waals surface area contributed by atoms with E-state index in [2.05, 4.69) is 0 Å². The summed E-state index contributed by atoms with van der Waals surface area (Å²) in [6.07, 6.45) is 2.00. The molecule has 60 valence electrons. The maximum Gasteiger partial charge on any atom is 0.120 e. The van der Waals surface area contributed by atoms with Gasteiger partial charge in [0.1, 0.15) is 14.1 Å². The van der Waals surface area contributed by atoms with Crippen LogP contribution in [0.15, 0.2) is 0 Å². The Kier molecular flexibility index (Phi) is 6.88. The molecule has 0 aliphatic carbocycles. The minimum absolute atomic E-state index is 0.328. The third-order valence-electron chi connectivity index (χ3n) is 1.01. The van der Waals surface area contributed by atoms with Gasteiger partial charge in [-0.05, 0) is 6.92 Å². The third-order valence-corrected chi connectivity index (χ3v) is 2.38. The highest BCUT2D eigenvalue weighted by Gasteiger charge is 1.96. The summed E-state index contributed by atoms with van der Waals surface area (Å²) in [5, 5.41) is 0. The van der Waals surface area contributed by atoms with Crippen LogP contribution in [0, 0.1) is 0 Å². The second-order valence-corrected chi connectivity index (χ2v) is 3.75. The summed E-state index contributed by atoms with van der Waals surface area (Å²) in [5.41, 5.74) is 0. The largest absolute Gasteiger partial charge is 0.374 e. The van der Waals surface area contributed by atoms with Crippen LogP contribution in [0.4, 0.5) is 0 Å². The zero-order valence-corrected chi connectivity index (χ0v) is 7.13.